The molecule has 1 heterocycles. The van der Waals surface area contributed by atoms with Gasteiger partial charge < -0.3 is 20.6 Å². The van der Waals surface area contributed by atoms with Gasteiger partial charge in [-0.3, -0.25) is 0 Å². The Bertz CT molecular complexity index is 554. The number of urea groups is 1. The quantitative estimate of drug-likeness (QED) is 0.798. The second kappa shape index (κ2) is 6.34. The summed E-state index contributed by atoms with van der Waals surface area (Å²) in [5.41, 5.74) is 0.967. The van der Waals surface area contributed by atoms with Gasteiger partial charge in [0.05, 0.1) is 16.3 Å². The van der Waals surface area contributed by atoms with Crippen LogP contribution in [0.15, 0.2) is 18.2 Å². The molecule has 1 aromatic rings. The third-order valence-electron chi connectivity index (χ3n) is 4.51. The number of amides is 2. The zero-order valence-corrected chi connectivity index (χ0v) is 13.3. The van der Waals surface area contributed by atoms with Crippen LogP contribution in [-0.4, -0.2) is 36.4 Å². The Hall–Kier alpha value is -1.46. The molecule has 2 aliphatic rings. The van der Waals surface area contributed by atoms with Crippen molar-refractivity contribution in [1.82, 2.24) is 5.32 Å². The van der Waals surface area contributed by atoms with Crippen molar-refractivity contribution in [2.24, 2.45) is 0 Å². The third-order valence-corrected chi connectivity index (χ3v) is 4.82. The summed E-state index contributed by atoms with van der Waals surface area (Å²) in [6.45, 7) is 2.36. The lowest BCUT2D eigenvalue weighted by Gasteiger charge is -2.36. The van der Waals surface area contributed by atoms with Crippen molar-refractivity contribution in [3.8, 4) is 0 Å². The molecular formula is C16H22ClN3O2. The van der Waals surface area contributed by atoms with Gasteiger partial charge in [-0.05, 0) is 50.3 Å². The van der Waals surface area contributed by atoms with E-state index in [-0.39, 0.29) is 6.03 Å². The van der Waals surface area contributed by atoms with Crippen LogP contribution in [0.3, 0.4) is 0 Å². The Morgan fingerprint density at radius 2 is 2.00 bits per heavy atom. The van der Waals surface area contributed by atoms with Crippen molar-refractivity contribution in [2.75, 3.05) is 29.9 Å². The molecule has 0 radical (unpaired) electrons. The van der Waals surface area contributed by atoms with Crippen LogP contribution >= 0.6 is 11.6 Å². The van der Waals surface area contributed by atoms with Crippen molar-refractivity contribution < 1.29 is 9.90 Å². The normalized spacial score (nSPS) is 19.6. The summed E-state index contributed by atoms with van der Waals surface area (Å²) >= 11 is 6.32. The molecule has 2 amide bonds. The Labute approximate surface area is 135 Å². The molecular weight excluding hydrogens is 302 g/mol. The summed E-state index contributed by atoms with van der Waals surface area (Å²) < 4.78 is 0. The fraction of sp³-hybridized carbons (Fsp3) is 0.562. The van der Waals surface area contributed by atoms with Crippen molar-refractivity contribution in [2.45, 2.75) is 37.7 Å². The van der Waals surface area contributed by atoms with Gasteiger partial charge in [0.15, 0.2) is 0 Å². The van der Waals surface area contributed by atoms with Crippen molar-refractivity contribution >= 4 is 29.0 Å². The number of aliphatic hydroxyl groups is 1. The number of halogens is 1. The molecule has 1 saturated carbocycles. The summed E-state index contributed by atoms with van der Waals surface area (Å²) in [7, 11) is 0. The van der Waals surface area contributed by atoms with Gasteiger partial charge in [-0.2, -0.15) is 0 Å². The van der Waals surface area contributed by atoms with E-state index in [1.54, 1.807) is 6.07 Å². The van der Waals surface area contributed by atoms with E-state index >= 15 is 0 Å². The Morgan fingerprint density at radius 3 is 2.59 bits per heavy atom. The fourth-order valence-electron chi connectivity index (χ4n) is 2.98. The van der Waals surface area contributed by atoms with Crippen LogP contribution in [0.5, 0.6) is 0 Å². The highest BCUT2D eigenvalue weighted by Crippen LogP contribution is 2.32. The molecule has 120 valence electrons. The number of carbonyl (C=O) groups is 1. The van der Waals surface area contributed by atoms with Gasteiger partial charge in [0, 0.05) is 25.3 Å². The van der Waals surface area contributed by atoms with Crippen LogP contribution in [0.25, 0.3) is 0 Å². The monoisotopic (exact) mass is 323 g/mol. The first kappa shape index (κ1) is 15.4. The fourth-order valence-corrected chi connectivity index (χ4v) is 3.28. The molecule has 0 bridgehead atoms. The summed E-state index contributed by atoms with van der Waals surface area (Å²) in [5.74, 6) is 0. The summed E-state index contributed by atoms with van der Waals surface area (Å²) in [6.07, 6.45) is 4.92. The number of carbonyl (C=O) groups excluding carboxylic acids is 1. The van der Waals surface area contributed by atoms with Gasteiger partial charge in [-0.25, -0.2) is 4.79 Å². The molecule has 0 spiro atoms. The average molecular weight is 324 g/mol. The minimum Gasteiger partial charge on any atom is -0.388 e. The predicted octanol–water partition coefficient (Wildman–Crippen LogP) is 2.98. The maximum Gasteiger partial charge on any atom is 0.319 e. The lowest BCUT2D eigenvalue weighted by Crippen LogP contribution is -2.48. The zero-order chi connectivity index (χ0) is 15.6. The largest absolute Gasteiger partial charge is 0.388 e. The molecule has 1 aromatic carbocycles. The van der Waals surface area contributed by atoms with Crippen LogP contribution in [-0.2, 0) is 0 Å². The maximum atomic E-state index is 11.9. The minimum atomic E-state index is -0.714. The van der Waals surface area contributed by atoms with E-state index in [0.29, 0.717) is 17.3 Å². The Morgan fingerprint density at radius 1 is 1.27 bits per heavy atom. The lowest BCUT2D eigenvalue weighted by atomic mass is 9.80. The van der Waals surface area contributed by atoms with Crippen molar-refractivity contribution in [3.05, 3.63) is 23.2 Å². The van der Waals surface area contributed by atoms with Crippen LogP contribution in [0.1, 0.15) is 32.1 Å². The molecule has 0 unspecified atom stereocenters. The van der Waals surface area contributed by atoms with Crippen LogP contribution in [0.4, 0.5) is 16.2 Å². The number of benzene rings is 1. The predicted molar refractivity (Wildman–Crippen MR) is 88.7 cm³/mol. The topological polar surface area (TPSA) is 64.6 Å². The van der Waals surface area contributed by atoms with E-state index in [2.05, 4.69) is 15.5 Å². The lowest BCUT2D eigenvalue weighted by molar-refractivity contribution is -0.0287. The van der Waals surface area contributed by atoms with Crippen LogP contribution < -0.4 is 15.5 Å². The number of nitrogens with zero attached hydrogens (tertiary/aromatic N) is 1. The maximum absolute atomic E-state index is 11.9. The molecule has 2 fully saturated rings. The first-order valence-corrected chi connectivity index (χ1v) is 8.25. The zero-order valence-electron chi connectivity index (χ0n) is 12.6. The molecule has 0 atom stereocenters. The molecule has 5 nitrogen and oxygen atoms in total. The number of hydrogen-bond donors (Lipinski definition) is 3. The molecule has 1 aliphatic carbocycles. The summed E-state index contributed by atoms with van der Waals surface area (Å²) in [6, 6.07) is 5.26. The Balaban J connectivity index is 1.55. The van der Waals surface area contributed by atoms with Gasteiger partial charge in [0.25, 0.3) is 0 Å². The highest BCUT2D eigenvalue weighted by atomic mass is 35.5. The smallest absolute Gasteiger partial charge is 0.319 e. The van der Waals surface area contributed by atoms with Crippen LogP contribution in [0, 0.1) is 0 Å². The SMILES string of the molecule is O=C(NCC1(O)CCC1)Nc1ccc(N2CCCC2)c(Cl)c1. The van der Waals surface area contributed by atoms with Gasteiger partial charge >= 0.3 is 6.03 Å². The van der Waals surface area contributed by atoms with Gasteiger partial charge in [0.2, 0.25) is 0 Å². The first-order chi connectivity index (χ1) is 10.6. The molecule has 3 N–H and O–H groups in total. The average Bonchev–Trinajstić information content (AvgIpc) is 2.97. The molecule has 22 heavy (non-hydrogen) atoms. The summed E-state index contributed by atoms with van der Waals surface area (Å²) in [5, 5.41) is 16.1. The molecule has 1 saturated heterocycles. The Kier molecular flexibility index (Phi) is 4.45. The van der Waals surface area contributed by atoms with Gasteiger partial charge in [-0.15, -0.1) is 0 Å². The number of nitrogens with one attached hydrogen (secondary N) is 2. The standard InChI is InChI=1S/C16H22ClN3O2/c17-13-10-12(4-5-14(13)20-8-1-2-9-20)19-15(21)18-11-16(22)6-3-7-16/h4-5,10,22H,1-3,6-9,11H2,(H2,18,19,21). The number of rotatable bonds is 4. The molecule has 6 heteroatoms. The van der Waals surface area contributed by atoms with E-state index in [4.69, 9.17) is 11.6 Å². The molecule has 1 aliphatic heterocycles. The first-order valence-electron chi connectivity index (χ1n) is 7.88. The van der Waals surface area contributed by atoms with Crippen molar-refractivity contribution in [3.63, 3.8) is 0 Å². The van der Waals surface area contributed by atoms with E-state index in [1.165, 1.54) is 12.8 Å². The summed E-state index contributed by atoms with van der Waals surface area (Å²) in [4.78, 5) is 14.1. The van der Waals surface area contributed by atoms with Gasteiger partial charge in [-0.1, -0.05) is 11.6 Å². The second-order valence-electron chi connectivity index (χ2n) is 6.25. The highest BCUT2D eigenvalue weighted by molar-refractivity contribution is 6.33. The van der Waals surface area contributed by atoms with E-state index < -0.39 is 5.60 Å². The van der Waals surface area contributed by atoms with E-state index in [0.717, 1.165) is 38.0 Å². The highest BCUT2D eigenvalue weighted by Gasteiger charge is 2.34. The van der Waals surface area contributed by atoms with Crippen LogP contribution in [0.2, 0.25) is 5.02 Å². The molecule has 3 rings (SSSR count). The van der Waals surface area contributed by atoms with Crippen molar-refractivity contribution in [1.29, 1.82) is 0 Å². The third kappa shape index (κ3) is 3.47. The number of anilines is 2. The number of hydrogen-bond acceptors (Lipinski definition) is 3. The van der Waals surface area contributed by atoms with E-state index in [9.17, 15) is 9.90 Å². The van der Waals surface area contributed by atoms with E-state index in [1.807, 2.05) is 12.1 Å². The second-order valence-corrected chi connectivity index (χ2v) is 6.65. The van der Waals surface area contributed by atoms with Gasteiger partial charge in [0.1, 0.15) is 0 Å². The minimum absolute atomic E-state index is 0.290. The molecule has 0 aromatic heterocycles.